The first-order chi connectivity index (χ1) is 21.3. The summed E-state index contributed by atoms with van der Waals surface area (Å²) in [5, 5.41) is 10.4. The van der Waals surface area contributed by atoms with E-state index in [1.165, 1.54) is 23.5 Å². The number of hydrogen-bond donors (Lipinski definition) is 7. The second-order valence-electron chi connectivity index (χ2n) is 10.3. The standard InChI is InChI=1S/C21H28N10O10P2S2/c22-16-14-17(25-7-24-16)31(8-26-14)13-3-11(21(5-32,40-13)6-38-42(34,35)44)41-43(36,45)37-4-10-1-2-12(39-10)30-9-27-15-18(30)28-20(23)29-19(15)33/h7-13,32H,1-6H2,(H,36,45)(H2,22,24,25)(H2,34,35,44)(H3,23,28,29,33)/t10-,11-,12+,13+,21+,43?/m0/s1. The van der Waals surface area contributed by atoms with E-state index in [1.807, 2.05) is 0 Å². The minimum atomic E-state index is -4.32. The molecule has 2 saturated heterocycles. The van der Waals surface area contributed by atoms with Crippen LogP contribution in [0.5, 0.6) is 0 Å². The monoisotopic (exact) mass is 706 g/mol. The average Bonchev–Trinajstić information content (AvgIpc) is 3.75. The zero-order valence-electron chi connectivity index (χ0n) is 23.0. The van der Waals surface area contributed by atoms with E-state index in [1.54, 1.807) is 4.57 Å². The zero-order chi connectivity index (χ0) is 32.1. The van der Waals surface area contributed by atoms with Gasteiger partial charge < -0.3 is 44.9 Å². The van der Waals surface area contributed by atoms with Crippen molar-refractivity contribution >= 4 is 71.7 Å². The van der Waals surface area contributed by atoms with Crippen LogP contribution in [0.1, 0.15) is 31.7 Å². The fourth-order valence-corrected chi connectivity index (χ4v) is 7.29. The maximum atomic E-state index is 12.1. The zero-order valence-corrected chi connectivity index (χ0v) is 26.5. The first-order valence-corrected chi connectivity index (χ1v) is 18.5. The second kappa shape index (κ2) is 12.2. The van der Waals surface area contributed by atoms with Crippen molar-refractivity contribution in [2.75, 3.05) is 31.3 Å². The molecule has 6 rings (SSSR count). The van der Waals surface area contributed by atoms with Crippen LogP contribution in [0.3, 0.4) is 0 Å². The third-order valence-electron chi connectivity index (χ3n) is 7.35. The van der Waals surface area contributed by atoms with Crippen LogP contribution in [-0.4, -0.2) is 91.6 Å². The SMILES string of the molecule is Nc1nc2c(ncn2[C@H]2CC[C@@H](COP(O)(=S)O[C@H]3C[C@H](n4cnc5c(N)ncnc54)O[C@]3(CO)COP(=O)(O)S)O2)c(=O)[nH]1. The Bertz CT molecular complexity index is 1890. The molecule has 20 nitrogen and oxygen atoms in total. The van der Waals surface area contributed by atoms with Crippen molar-refractivity contribution in [2.45, 2.75) is 49.5 Å². The van der Waals surface area contributed by atoms with Crippen molar-refractivity contribution in [3.05, 3.63) is 29.3 Å². The van der Waals surface area contributed by atoms with Crippen LogP contribution in [0.2, 0.25) is 0 Å². The van der Waals surface area contributed by atoms with Gasteiger partial charge in [-0.15, -0.1) is 0 Å². The Labute approximate surface area is 263 Å². The van der Waals surface area contributed by atoms with Gasteiger partial charge in [-0.05, 0) is 24.6 Å². The number of anilines is 2. The van der Waals surface area contributed by atoms with Crippen LogP contribution in [0, 0.1) is 0 Å². The molecular weight excluding hydrogens is 678 g/mol. The highest BCUT2D eigenvalue weighted by Gasteiger charge is 2.53. The van der Waals surface area contributed by atoms with Gasteiger partial charge in [-0.1, -0.05) is 12.2 Å². The van der Waals surface area contributed by atoms with E-state index < -0.39 is 62.6 Å². The number of ether oxygens (including phenoxy) is 2. The van der Waals surface area contributed by atoms with Crippen LogP contribution in [0.15, 0.2) is 23.8 Å². The van der Waals surface area contributed by atoms with Gasteiger partial charge in [0, 0.05) is 6.42 Å². The molecule has 4 aromatic rings. The lowest BCUT2D eigenvalue weighted by Gasteiger charge is -2.33. The Morgan fingerprint density at radius 1 is 1.11 bits per heavy atom. The predicted octanol–water partition coefficient (Wildman–Crippen LogP) is 0.117. The smallest absolute Gasteiger partial charge is 0.383 e. The topological polar surface area (TPSA) is 283 Å². The molecule has 0 aromatic carbocycles. The molecule has 244 valence electrons. The molecule has 2 fully saturated rings. The van der Waals surface area contributed by atoms with Gasteiger partial charge in [0.15, 0.2) is 22.6 Å². The molecule has 7 atom stereocenters. The molecule has 24 heteroatoms. The normalized spacial score (nSPS) is 28.1. The third kappa shape index (κ3) is 6.64. The van der Waals surface area contributed by atoms with Gasteiger partial charge in [-0.3, -0.25) is 23.4 Å². The molecular formula is C21H28N10O10P2S2. The van der Waals surface area contributed by atoms with E-state index in [4.69, 9.17) is 46.3 Å². The Balaban J connectivity index is 1.16. The van der Waals surface area contributed by atoms with Crippen LogP contribution >= 0.6 is 25.8 Å². The molecule has 45 heavy (non-hydrogen) atoms. The molecule has 0 aliphatic carbocycles. The van der Waals surface area contributed by atoms with Gasteiger partial charge in [0.05, 0.1) is 38.6 Å². The van der Waals surface area contributed by atoms with Crippen molar-refractivity contribution in [3.8, 4) is 0 Å². The van der Waals surface area contributed by atoms with Crippen LogP contribution in [-0.2, 0) is 39.4 Å². The Hall–Kier alpha value is -2.59. The molecule has 6 heterocycles. The lowest BCUT2D eigenvalue weighted by Crippen LogP contribution is -2.48. The lowest BCUT2D eigenvalue weighted by atomic mass is 9.99. The van der Waals surface area contributed by atoms with Gasteiger partial charge in [-0.2, -0.15) is 4.98 Å². The summed E-state index contributed by atoms with van der Waals surface area (Å²) in [6, 6.07) is 0. The lowest BCUT2D eigenvalue weighted by molar-refractivity contribution is -0.142. The van der Waals surface area contributed by atoms with Gasteiger partial charge in [0.2, 0.25) is 5.95 Å². The molecule has 0 bridgehead atoms. The summed E-state index contributed by atoms with van der Waals surface area (Å²) in [5.41, 5.74) is 10.3. The van der Waals surface area contributed by atoms with Crippen LogP contribution in [0.25, 0.3) is 22.3 Å². The van der Waals surface area contributed by atoms with Crippen molar-refractivity contribution in [1.82, 2.24) is 39.0 Å². The average molecular weight is 707 g/mol. The van der Waals surface area contributed by atoms with Crippen molar-refractivity contribution in [3.63, 3.8) is 0 Å². The number of thiol groups is 1. The van der Waals surface area contributed by atoms with Gasteiger partial charge in [0.25, 0.3) is 5.56 Å². The summed E-state index contributed by atoms with van der Waals surface area (Å²) in [6.07, 6.45) is 1.80. The summed E-state index contributed by atoms with van der Waals surface area (Å²) in [6.45, 7) is -9.97. The maximum Gasteiger partial charge on any atom is 0.383 e. The largest absolute Gasteiger partial charge is 0.393 e. The first kappa shape index (κ1) is 32.4. The fourth-order valence-electron chi connectivity index (χ4n) is 5.22. The molecule has 2 aliphatic rings. The molecule has 4 aromatic heterocycles. The number of fused-ring (bicyclic) bond motifs is 2. The van der Waals surface area contributed by atoms with E-state index in [9.17, 15) is 24.3 Å². The number of imidazole rings is 2. The number of aromatic nitrogens is 8. The number of aliphatic hydroxyl groups is 1. The number of nitrogens with two attached hydrogens (primary N) is 2. The first-order valence-electron chi connectivity index (χ1n) is 13.2. The molecule has 2 aliphatic heterocycles. The van der Waals surface area contributed by atoms with Gasteiger partial charge >= 0.3 is 13.5 Å². The number of nitrogens with one attached hydrogen (secondary N) is 1. The Morgan fingerprint density at radius 3 is 2.58 bits per heavy atom. The Morgan fingerprint density at radius 2 is 1.84 bits per heavy atom. The number of rotatable bonds is 11. The summed E-state index contributed by atoms with van der Waals surface area (Å²) in [5.74, 6) is 0.0611. The molecule has 0 radical (unpaired) electrons. The molecule has 0 saturated carbocycles. The number of H-pyrrole nitrogens is 1. The number of hydrogen-bond acceptors (Lipinski definition) is 16. The van der Waals surface area contributed by atoms with Crippen molar-refractivity contribution < 1.29 is 42.5 Å². The third-order valence-corrected chi connectivity index (χ3v) is 9.73. The molecule has 0 spiro atoms. The summed E-state index contributed by atoms with van der Waals surface area (Å²) >= 11 is 8.83. The number of nitrogens with zero attached hydrogens (tertiary/aromatic N) is 7. The van der Waals surface area contributed by atoms with E-state index in [2.05, 4.69) is 42.2 Å². The van der Waals surface area contributed by atoms with E-state index in [-0.39, 0.29) is 36.0 Å². The maximum absolute atomic E-state index is 12.1. The van der Waals surface area contributed by atoms with Crippen LogP contribution in [0.4, 0.5) is 11.8 Å². The van der Waals surface area contributed by atoms with Gasteiger partial charge in [0.1, 0.15) is 36.0 Å². The number of aliphatic hydroxyl groups excluding tert-OH is 1. The fraction of sp³-hybridized carbons (Fsp3) is 0.524. The summed E-state index contributed by atoms with van der Waals surface area (Å²) < 4.78 is 43.6. The second-order valence-corrected chi connectivity index (χ2v) is 15.8. The minimum Gasteiger partial charge on any atom is -0.393 e. The van der Waals surface area contributed by atoms with Crippen molar-refractivity contribution in [2.24, 2.45) is 0 Å². The van der Waals surface area contributed by atoms with E-state index in [0.29, 0.717) is 24.0 Å². The minimum absolute atomic E-state index is 0.0468. The highest BCUT2D eigenvalue weighted by atomic mass is 32.7. The highest BCUT2D eigenvalue weighted by Crippen LogP contribution is 2.54. The Kier molecular flexibility index (Phi) is 8.78. The highest BCUT2D eigenvalue weighted by molar-refractivity contribution is 8.44. The number of nitrogen functional groups attached to an aromatic ring is 2. The molecule has 0 amide bonds. The van der Waals surface area contributed by atoms with Crippen LogP contribution < -0.4 is 17.0 Å². The van der Waals surface area contributed by atoms with E-state index >= 15 is 0 Å². The number of aromatic amines is 1. The summed E-state index contributed by atoms with van der Waals surface area (Å²) in [4.78, 5) is 55.8. The quantitative estimate of drug-likeness (QED) is 0.0805. The molecule has 2 unspecified atom stereocenters. The summed E-state index contributed by atoms with van der Waals surface area (Å²) in [7, 11) is 0. The van der Waals surface area contributed by atoms with Crippen molar-refractivity contribution in [1.29, 1.82) is 0 Å². The predicted molar refractivity (Wildman–Crippen MR) is 162 cm³/mol. The van der Waals surface area contributed by atoms with Gasteiger partial charge in [-0.25, -0.2) is 24.5 Å². The van der Waals surface area contributed by atoms with E-state index in [0.717, 1.165) is 0 Å². The molecule has 8 N–H and O–H groups in total.